The van der Waals surface area contributed by atoms with E-state index < -0.39 is 5.97 Å². The summed E-state index contributed by atoms with van der Waals surface area (Å²) in [5, 5.41) is 12.6. The molecule has 102 valence electrons. The van der Waals surface area contributed by atoms with Gasteiger partial charge in [-0.15, -0.1) is 0 Å². The predicted molar refractivity (Wildman–Crippen MR) is 71.6 cm³/mol. The molecule has 1 saturated heterocycles. The zero-order chi connectivity index (χ0) is 13.0. The van der Waals surface area contributed by atoms with Crippen molar-refractivity contribution in [2.75, 3.05) is 12.3 Å². The maximum absolute atomic E-state index is 12.0. The monoisotopic (exact) mass is 271 g/mol. The summed E-state index contributed by atoms with van der Waals surface area (Å²) in [5.74, 6) is 0.0966. The smallest absolute Gasteiger partial charge is 0.306 e. The van der Waals surface area contributed by atoms with Crippen molar-refractivity contribution in [3.8, 4) is 0 Å². The highest BCUT2D eigenvalue weighted by atomic mass is 32.2. The number of carboxylic acids is 1. The predicted octanol–water partition coefficient (Wildman–Crippen LogP) is 1.89. The molecule has 0 radical (unpaired) electrons. The molecule has 2 aliphatic rings. The van der Waals surface area contributed by atoms with Crippen LogP contribution in [0.25, 0.3) is 0 Å². The summed E-state index contributed by atoms with van der Waals surface area (Å²) in [7, 11) is 0. The van der Waals surface area contributed by atoms with E-state index in [1.54, 1.807) is 0 Å². The highest BCUT2D eigenvalue weighted by Gasteiger charge is 2.31. The van der Waals surface area contributed by atoms with E-state index >= 15 is 0 Å². The Labute approximate surface area is 112 Å². The molecular formula is C13H21NO3S. The summed E-state index contributed by atoms with van der Waals surface area (Å²) >= 11 is 1.93. The fourth-order valence-electron chi connectivity index (χ4n) is 2.82. The van der Waals surface area contributed by atoms with Gasteiger partial charge < -0.3 is 10.4 Å². The molecule has 2 fully saturated rings. The van der Waals surface area contributed by atoms with Gasteiger partial charge in [0.15, 0.2) is 0 Å². The molecule has 1 amide bonds. The summed E-state index contributed by atoms with van der Waals surface area (Å²) in [4.78, 5) is 23.0. The minimum atomic E-state index is -0.751. The van der Waals surface area contributed by atoms with Gasteiger partial charge >= 0.3 is 5.97 Å². The average molecular weight is 271 g/mol. The van der Waals surface area contributed by atoms with Crippen LogP contribution in [0.1, 0.15) is 38.5 Å². The zero-order valence-corrected chi connectivity index (χ0v) is 11.4. The lowest BCUT2D eigenvalue weighted by molar-refractivity contribution is -0.144. The van der Waals surface area contributed by atoms with E-state index in [0.29, 0.717) is 11.7 Å². The van der Waals surface area contributed by atoms with Crippen molar-refractivity contribution >= 4 is 23.6 Å². The van der Waals surface area contributed by atoms with Gasteiger partial charge in [0.2, 0.25) is 5.91 Å². The molecule has 1 saturated carbocycles. The van der Waals surface area contributed by atoms with Gasteiger partial charge in [0, 0.05) is 17.7 Å². The van der Waals surface area contributed by atoms with Crippen LogP contribution in [0, 0.1) is 11.8 Å². The first kappa shape index (κ1) is 13.7. The number of carboxylic acid groups (broad SMARTS) is 1. The quantitative estimate of drug-likeness (QED) is 0.819. The number of aliphatic carboxylic acids is 1. The van der Waals surface area contributed by atoms with Crippen LogP contribution in [-0.2, 0) is 9.59 Å². The molecule has 5 heteroatoms. The number of hydrogen-bond acceptors (Lipinski definition) is 3. The normalized spacial score (nSPS) is 32.1. The van der Waals surface area contributed by atoms with E-state index in [4.69, 9.17) is 5.11 Å². The van der Waals surface area contributed by atoms with E-state index in [0.717, 1.165) is 25.8 Å². The minimum Gasteiger partial charge on any atom is -0.481 e. The summed E-state index contributed by atoms with van der Waals surface area (Å²) in [6.07, 6.45) is 5.36. The Morgan fingerprint density at radius 3 is 2.61 bits per heavy atom. The highest BCUT2D eigenvalue weighted by molar-refractivity contribution is 8.00. The first-order chi connectivity index (χ1) is 8.66. The lowest BCUT2D eigenvalue weighted by Gasteiger charge is -2.26. The van der Waals surface area contributed by atoms with Gasteiger partial charge in [-0.05, 0) is 37.9 Å². The van der Waals surface area contributed by atoms with Crippen LogP contribution in [0.2, 0.25) is 0 Å². The Balaban J connectivity index is 1.75. The molecule has 0 bridgehead atoms. The van der Waals surface area contributed by atoms with Gasteiger partial charge in [0.25, 0.3) is 0 Å². The summed E-state index contributed by atoms with van der Waals surface area (Å²) in [6, 6.07) is 0. The second-order valence-electron chi connectivity index (χ2n) is 5.28. The highest BCUT2D eigenvalue weighted by Crippen LogP contribution is 2.30. The third-order valence-electron chi connectivity index (χ3n) is 3.92. The molecule has 18 heavy (non-hydrogen) atoms. The van der Waals surface area contributed by atoms with Crippen LogP contribution in [0.15, 0.2) is 0 Å². The SMILES string of the molecule is O=C(O)[C@@H]1CCC[C@@H](C(=O)NC[C@H]2CCCS2)C1. The van der Waals surface area contributed by atoms with E-state index in [1.807, 2.05) is 11.8 Å². The Morgan fingerprint density at radius 1 is 1.17 bits per heavy atom. The van der Waals surface area contributed by atoms with Gasteiger partial charge in [-0.2, -0.15) is 11.8 Å². The molecule has 2 rings (SSSR count). The van der Waals surface area contributed by atoms with Crippen molar-refractivity contribution in [1.82, 2.24) is 5.32 Å². The first-order valence-corrected chi connectivity index (χ1v) is 7.84. The number of carbonyl (C=O) groups is 2. The lowest BCUT2D eigenvalue weighted by Crippen LogP contribution is -2.38. The van der Waals surface area contributed by atoms with Crippen LogP contribution in [0.3, 0.4) is 0 Å². The first-order valence-electron chi connectivity index (χ1n) is 6.79. The number of carbonyl (C=O) groups excluding carboxylic acids is 1. The van der Waals surface area contributed by atoms with E-state index in [2.05, 4.69) is 5.32 Å². The molecule has 0 aromatic carbocycles. The van der Waals surface area contributed by atoms with Gasteiger partial charge in [-0.25, -0.2) is 0 Å². The molecule has 1 aliphatic carbocycles. The van der Waals surface area contributed by atoms with Gasteiger partial charge in [-0.1, -0.05) is 6.42 Å². The average Bonchev–Trinajstić information content (AvgIpc) is 2.89. The number of rotatable bonds is 4. The topological polar surface area (TPSA) is 66.4 Å². The summed E-state index contributed by atoms with van der Waals surface area (Å²) < 4.78 is 0. The van der Waals surface area contributed by atoms with Crippen molar-refractivity contribution < 1.29 is 14.7 Å². The third-order valence-corrected chi connectivity index (χ3v) is 5.32. The largest absolute Gasteiger partial charge is 0.481 e. The second kappa shape index (κ2) is 6.45. The molecule has 2 N–H and O–H groups in total. The maximum atomic E-state index is 12.0. The fourth-order valence-corrected chi connectivity index (χ4v) is 4.02. The van der Waals surface area contributed by atoms with Crippen LogP contribution in [-0.4, -0.2) is 34.5 Å². The number of nitrogens with one attached hydrogen (secondary N) is 1. The van der Waals surface area contributed by atoms with Gasteiger partial charge in [0.1, 0.15) is 0 Å². The van der Waals surface area contributed by atoms with Gasteiger partial charge in [-0.3, -0.25) is 9.59 Å². The molecular weight excluding hydrogens is 250 g/mol. The van der Waals surface area contributed by atoms with E-state index in [-0.39, 0.29) is 17.7 Å². The van der Waals surface area contributed by atoms with Gasteiger partial charge in [0.05, 0.1) is 5.92 Å². The summed E-state index contributed by atoms with van der Waals surface area (Å²) in [6.45, 7) is 0.748. The van der Waals surface area contributed by atoms with Crippen LogP contribution >= 0.6 is 11.8 Å². The van der Waals surface area contributed by atoms with E-state index in [1.165, 1.54) is 18.6 Å². The molecule has 1 heterocycles. The molecule has 0 aromatic heterocycles. The Kier molecular flexibility index (Phi) is 4.92. The molecule has 0 aromatic rings. The number of thioether (sulfide) groups is 1. The van der Waals surface area contributed by atoms with Crippen molar-refractivity contribution in [2.24, 2.45) is 11.8 Å². The van der Waals surface area contributed by atoms with Crippen LogP contribution in [0.4, 0.5) is 0 Å². The van der Waals surface area contributed by atoms with Crippen molar-refractivity contribution in [3.63, 3.8) is 0 Å². The van der Waals surface area contributed by atoms with Crippen LogP contribution < -0.4 is 5.32 Å². The fraction of sp³-hybridized carbons (Fsp3) is 0.846. The molecule has 3 atom stereocenters. The standard InChI is InChI=1S/C13H21NO3S/c15-12(14-8-11-5-2-6-18-11)9-3-1-4-10(7-9)13(16)17/h9-11H,1-8H2,(H,14,15)(H,16,17)/t9-,10-,11-/m1/s1. The number of amides is 1. The minimum absolute atomic E-state index is 0.0634. The second-order valence-corrected chi connectivity index (χ2v) is 6.69. The third kappa shape index (κ3) is 3.64. The molecule has 1 aliphatic heterocycles. The Bertz CT molecular complexity index is 315. The number of hydrogen-bond donors (Lipinski definition) is 2. The van der Waals surface area contributed by atoms with Crippen LogP contribution in [0.5, 0.6) is 0 Å². The molecule has 0 spiro atoms. The van der Waals surface area contributed by atoms with Crippen molar-refractivity contribution in [3.05, 3.63) is 0 Å². The lowest BCUT2D eigenvalue weighted by atomic mass is 9.81. The van der Waals surface area contributed by atoms with Crippen molar-refractivity contribution in [2.45, 2.75) is 43.8 Å². The zero-order valence-electron chi connectivity index (χ0n) is 10.6. The van der Waals surface area contributed by atoms with Crippen molar-refractivity contribution in [1.29, 1.82) is 0 Å². The Hall–Kier alpha value is -0.710. The Morgan fingerprint density at radius 2 is 1.94 bits per heavy atom. The molecule has 0 unspecified atom stereocenters. The van der Waals surface area contributed by atoms with E-state index in [9.17, 15) is 9.59 Å². The maximum Gasteiger partial charge on any atom is 0.306 e. The summed E-state index contributed by atoms with van der Waals surface area (Å²) in [5.41, 5.74) is 0. The molecule has 4 nitrogen and oxygen atoms in total.